The van der Waals surface area contributed by atoms with Gasteiger partial charge in [-0.1, -0.05) is 24.6 Å². The van der Waals surface area contributed by atoms with E-state index in [1.165, 1.54) is 19.1 Å². The Morgan fingerprint density at radius 3 is 2.58 bits per heavy atom. The first-order valence-electron chi connectivity index (χ1n) is 14.7. The summed E-state index contributed by atoms with van der Waals surface area (Å²) in [5, 5.41) is 12.6. The zero-order valence-electron chi connectivity index (χ0n) is 25.3. The molecule has 0 amide bonds. The largest absolute Gasteiger partial charge is 0.476 e. The summed E-state index contributed by atoms with van der Waals surface area (Å²) in [6.07, 6.45) is 1.25. The standard InChI is InChI=1S/C28H39F2N6O8P/c1-4-40-25-23-24(33-27(31)34-25)36(17-32-23)22(15-37)43-28(30,19(3)29)16-41-45(39,44-21-13-9-6-10-14-21)35-18(2)26(38)42-20-11-7-5-8-12-20/h6,9-10,13-14,17-20,22,37H,4-5,7-8,11-12,15-16H2,1-3H3,(H,35,39)(H2,31,33,34)/t18?,19-,22+,28+,45?/m0/s1. The number of benzene rings is 1. The number of ether oxygens (including phenoxy) is 3. The molecular weight excluding hydrogens is 617 g/mol. The first-order chi connectivity index (χ1) is 21.5. The number of para-hydroxylation sites is 1. The number of nitrogens with two attached hydrogens (primary N) is 1. The molecule has 0 bridgehead atoms. The lowest BCUT2D eigenvalue weighted by Crippen LogP contribution is -2.45. The summed E-state index contributed by atoms with van der Waals surface area (Å²) in [6, 6.07) is 6.62. The van der Waals surface area contributed by atoms with Crippen molar-refractivity contribution in [2.75, 3.05) is 25.6 Å². The van der Waals surface area contributed by atoms with Gasteiger partial charge in [0, 0.05) is 0 Å². The van der Waals surface area contributed by atoms with Crippen LogP contribution in [0.25, 0.3) is 11.2 Å². The van der Waals surface area contributed by atoms with E-state index in [0.717, 1.165) is 37.1 Å². The van der Waals surface area contributed by atoms with Gasteiger partial charge in [0.05, 0.1) is 19.5 Å². The molecule has 1 aliphatic rings. The molecular formula is C28H39F2N6O8P. The molecule has 0 spiro atoms. The summed E-state index contributed by atoms with van der Waals surface area (Å²) in [5.74, 6) is -4.08. The van der Waals surface area contributed by atoms with E-state index in [0.29, 0.717) is 12.8 Å². The van der Waals surface area contributed by atoms with Gasteiger partial charge in [0.15, 0.2) is 23.6 Å². The van der Waals surface area contributed by atoms with Gasteiger partial charge in [-0.3, -0.25) is 13.9 Å². The molecule has 1 aromatic carbocycles. The number of carbonyl (C=O) groups excluding carboxylic acids is 1. The van der Waals surface area contributed by atoms with E-state index < -0.39 is 51.2 Å². The van der Waals surface area contributed by atoms with Crippen LogP contribution in [-0.2, 0) is 23.4 Å². The summed E-state index contributed by atoms with van der Waals surface area (Å²) in [4.78, 5) is 25.0. The van der Waals surface area contributed by atoms with Gasteiger partial charge in [0.1, 0.15) is 24.5 Å². The number of carbonyl (C=O) groups is 1. The first kappa shape index (κ1) is 34.4. The number of hydrogen-bond donors (Lipinski definition) is 3. The van der Waals surface area contributed by atoms with Crippen molar-refractivity contribution in [3.8, 4) is 11.6 Å². The van der Waals surface area contributed by atoms with Crippen molar-refractivity contribution in [3.05, 3.63) is 36.7 Å². The fourth-order valence-corrected chi connectivity index (χ4v) is 6.13. The summed E-state index contributed by atoms with van der Waals surface area (Å²) >= 11 is 0. The van der Waals surface area contributed by atoms with E-state index in [1.54, 1.807) is 25.1 Å². The normalized spacial score (nSPS) is 18.8. The van der Waals surface area contributed by atoms with Gasteiger partial charge >= 0.3 is 13.7 Å². The van der Waals surface area contributed by atoms with Crippen LogP contribution in [0.1, 0.15) is 59.1 Å². The number of aromatic nitrogens is 4. The number of aliphatic hydroxyl groups excluding tert-OH is 1. The Hall–Kier alpha value is -3.43. The Bertz CT molecular complexity index is 1460. The van der Waals surface area contributed by atoms with E-state index in [1.807, 2.05) is 0 Å². The number of nitrogens with zero attached hydrogens (tertiary/aromatic N) is 4. The number of fused-ring (bicyclic) bond motifs is 1. The summed E-state index contributed by atoms with van der Waals surface area (Å²) in [6.45, 7) is 2.06. The quantitative estimate of drug-likeness (QED) is 0.146. The van der Waals surface area contributed by atoms with Gasteiger partial charge in [0.25, 0.3) is 5.85 Å². The average molecular weight is 657 g/mol. The van der Waals surface area contributed by atoms with Crippen molar-refractivity contribution in [3.63, 3.8) is 0 Å². The van der Waals surface area contributed by atoms with E-state index in [4.69, 9.17) is 29.0 Å². The molecule has 4 rings (SSSR count). The average Bonchev–Trinajstić information content (AvgIpc) is 3.43. The van der Waals surface area contributed by atoms with Crippen molar-refractivity contribution in [2.24, 2.45) is 0 Å². The highest BCUT2D eigenvalue weighted by molar-refractivity contribution is 7.52. The third-order valence-corrected chi connectivity index (χ3v) is 8.64. The van der Waals surface area contributed by atoms with Crippen LogP contribution in [0.4, 0.5) is 14.7 Å². The van der Waals surface area contributed by atoms with Gasteiger partial charge in [-0.15, -0.1) is 0 Å². The summed E-state index contributed by atoms with van der Waals surface area (Å²) in [7, 11) is -4.59. The summed E-state index contributed by atoms with van der Waals surface area (Å²) in [5.41, 5.74) is 5.95. The van der Waals surface area contributed by atoms with Gasteiger partial charge in [-0.05, 0) is 58.6 Å². The predicted octanol–water partition coefficient (Wildman–Crippen LogP) is 4.40. The number of anilines is 1. The molecule has 2 heterocycles. The second-order valence-electron chi connectivity index (χ2n) is 10.5. The second-order valence-corrected chi connectivity index (χ2v) is 12.2. The fourth-order valence-electron chi connectivity index (χ4n) is 4.63. The van der Waals surface area contributed by atoms with Crippen LogP contribution in [0, 0.1) is 0 Å². The third kappa shape index (κ3) is 8.85. The van der Waals surface area contributed by atoms with Gasteiger partial charge in [-0.25, -0.2) is 18.3 Å². The molecule has 1 saturated carbocycles. The number of nitrogen functional groups attached to an aromatic ring is 1. The predicted molar refractivity (Wildman–Crippen MR) is 159 cm³/mol. The maximum absolute atomic E-state index is 16.3. The van der Waals surface area contributed by atoms with Gasteiger partial charge in [-0.2, -0.15) is 15.1 Å². The zero-order valence-corrected chi connectivity index (χ0v) is 26.2. The number of halogens is 2. The minimum Gasteiger partial charge on any atom is -0.476 e. The third-order valence-electron chi connectivity index (χ3n) is 7.02. The van der Waals surface area contributed by atoms with Crippen LogP contribution in [-0.4, -0.2) is 74.6 Å². The Labute approximate surface area is 259 Å². The van der Waals surface area contributed by atoms with Crippen molar-refractivity contribution in [2.45, 2.75) is 83.3 Å². The Morgan fingerprint density at radius 2 is 1.93 bits per heavy atom. The number of rotatable bonds is 16. The lowest BCUT2D eigenvalue weighted by molar-refractivity contribution is -0.250. The Kier molecular flexibility index (Phi) is 11.7. The molecule has 4 N–H and O–H groups in total. The minimum absolute atomic E-state index is 0.0184. The van der Waals surface area contributed by atoms with Crippen LogP contribution < -0.4 is 20.1 Å². The molecule has 5 atom stereocenters. The SMILES string of the molecule is CCOc1nc(N)nc2c1ncn2[C@@H](CO)O[C@](F)(COP(=O)(NC(C)C(=O)OC1CCCCC1)Oc1ccccc1)[C@H](C)F. The molecule has 2 unspecified atom stereocenters. The van der Waals surface area contributed by atoms with Gasteiger partial charge in [0.2, 0.25) is 11.8 Å². The lowest BCUT2D eigenvalue weighted by Gasteiger charge is -2.32. The zero-order chi connectivity index (χ0) is 32.6. The van der Waals surface area contributed by atoms with Crippen molar-refractivity contribution >= 4 is 30.8 Å². The molecule has 0 radical (unpaired) electrons. The lowest BCUT2D eigenvalue weighted by atomic mass is 9.98. The Balaban J connectivity index is 1.55. The topological polar surface area (TPSA) is 182 Å². The van der Waals surface area contributed by atoms with E-state index >= 15 is 4.39 Å². The Morgan fingerprint density at radius 1 is 1.22 bits per heavy atom. The second kappa shape index (κ2) is 15.2. The van der Waals surface area contributed by atoms with Crippen molar-refractivity contribution < 1.29 is 46.5 Å². The van der Waals surface area contributed by atoms with Crippen LogP contribution in [0.2, 0.25) is 0 Å². The van der Waals surface area contributed by atoms with Crippen LogP contribution in [0.3, 0.4) is 0 Å². The van der Waals surface area contributed by atoms with Crippen LogP contribution in [0.5, 0.6) is 11.6 Å². The fraction of sp³-hybridized carbons (Fsp3) is 0.571. The van der Waals surface area contributed by atoms with E-state index in [9.17, 15) is 18.9 Å². The molecule has 17 heteroatoms. The first-order valence-corrected chi connectivity index (χ1v) is 16.2. The number of aliphatic hydroxyl groups is 1. The minimum atomic E-state index is -4.59. The van der Waals surface area contributed by atoms with Gasteiger partial charge < -0.3 is 29.6 Å². The molecule has 1 fully saturated rings. The van der Waals surface area contributed by atoms with Crippen molar-refractivity contribution in [1.29, 1.82) is 0 Å². The number of imidazole rings is 1. The molecule has 2 aromatic heterocycles. The van der Waals surface area contributed by atoms with Crippen LogP contribution in [0.15, 0.2) is 36.7 Å². The molecule has 248 valence electrons. The molecule has 1 aliphatic carbocycles. The highest BCUT2D eigenvalue weighted by Gasteiger charge is 2.45. The summed E-state index contributed by atoms with van der Waals surface area (Å²) < 4.78 is 73.6. The highest BCUT2D eigenvalue weighted by atomic mass is 31.2. The van der Waals surface area contributed by atoms with E-state index in [-0.39, 0.29) is 41.5 Å². The molecule has 3 aromatic rings. The monoisotopic (exact) mass is 656 g/mol. The molecule has 0 saturated heterocycles. The number of alkyl halides is 2. The highest BCUT2D eigenvalue weighted by Crippen LogP contribution is 2.47. The maximum atomic E-state index is 16.3. The van der Waals surface area contributed by atoms with Crippen molar-refractivity contribution in [1.82, 2.24) is 24.6 Å². The number of esters is 1. The number of hydrogen-bond acceptors (Lipinski definition) is 12. The molecule has 45 heavy (non-hydrogen) atoms. The molecule has 14 nitrogen and oxygen atoms in total. The number of nitrogens with one attached hydrogen (secondary N) is 1. The molecule has 0 aliphatic heterocycles. The van der Waals surface area contributed by atoms with E-state index in [2.05, 4.69) is 20.0 Å². The maximum Gasteiger partial charge on any atom is 0.459 e. The van der Waals surface area contributed by atoms with Crippen LogP contribution >= 0.6 is 7.75 Å². The smallest absolute Gasteiger partial charge is 0.459 e.